The number of carbonyl (C=O) groups excluding carboxylic acids is 2. The molecule has 184 valence electrons. The number of aromatic nitrogens is 2. The van der Waals surface area contributed by atoms with Crippen LogP contribution in [0.5, 0.6) is 5.75 Å². The lowest BCUT2D eigenvalue weighted by atomic mass is 10.0. The highest BCUT2D eigenvalue weighted by molar-refractivity contribution is 5.97. The molecule has 0 bridgehead atoms. The summed E-state index contributed by atoms with van der Waals surface area (Å²) in [5.74, 6) is 0.780. The number of aryl methyl sites for hydroxylation is 1. The molecule has 3 aromatic carbocycles. The number of hydrogen-bond acceptors (Lipinski definition) is 4. The fraction of sp³-hybridized carbons (Fsp3) is 0.233. The Labute approximate surface area is 211 Å². The monoisotopic (exact) mass is 481 g/mol. The highest BCUT2D eigenvalue weighted by atomic mass is 16.5. The maximum absolute atomic E-state index is 13.0. The average Bonchev–Trinajstić information content (AvgIpc) is 3.16. The van der Waals surface area contributed by atoms with Gasteiger partial charge in [0.05, 0.1) is 12.2 Å². The van der Waals surface area contributed by atoms with Crippen LogP contribution in [0.3, 0.4) is 0 Å². The number of benzene rings is 3. The van der Waals surface area contributed by atoms with Crippen molar-refractivity contribution in [2.24, 2.45) is 0 Å². The van der Waals surface area contributed by atoms with Gasteiger partial charge in [0.1, 0.15) is 12.4 Å². The fourth-order valence-corrected chi connectivity index (χ4v) is 4.12. The Morgan fingerprint density at radius 3 is 2.36 bits per heavy atom. The minimum Gasteiger partial charge on any atom is -0.489 e. The Morgan fingerprint density at radius 2 is 1.64 bits per heavy atom. The van der Waals surface area contributed by atoms with Gasteiger partial charge in [0.15, 0.2) is 5.78 Å². The number of Topliss-reactive ketones (excluding diaryl/α,β-unsaturated/α-hetero) is 1. The number of hydrogen-bond donors (Lipinski definition) is 1. The second-order valence-corrected chi connectivity index (χ2v) is 8.77. The lowest BCUT2D eigenvalue weighted by Gasteiger charge is -2.09. The number of carbonyl (C=O) groups is 2. The van der Waals surface area contributed by atoms with E-state index < -0.39 is 0 Å². The zero-order chi connectivity index (χ0) is 25.5. The zero-order valence-electron chi connectivity index (χ0n) is 21.0. The summed E-state index contributed by atoms with van der Waals surface area (Å²) in [6.45, 7) is 7.38. The van der Waals surface area contributed by atoms with Crippen LogP contribution in [0.1, 0.15) is 55.7 Å². The predicted octanol–water partition coefficient (Wildman–Crippen LogP) is 5.30. The van der Waals surface area contributed by atoms with Crippen molar-refractivity contribution in [1.82, 2.24) is 15.1 Å². The molecular formula is C30H31N3O3. The molecule has 6 heteroatoms. The molecule has 0 unspecified atom stereocenters. The standard InChI is InChI=1S/C30H31N3O3/c1-4-31-30(35)26-10-8-9-24(17-26)19-33-22(3)28(21(2)32-33)18-29(34)25-15-13-23(14-16-25)20-36-27-11-6-5-7-12-27/h5-17H,4,18-20H2,1-3H3,(H,31,35). The second kappa shape index (κ2) is 11.5. The van der Waals surface area contributed by atoms with Crippen LogP contribution >= 0.6 is 0 Å². The lowest BCUT2D eigenvalue weighted by Crippen LogP contribution is -2.22. The molecule has 0 fully saturated rings. The first-order valence-electron chi connectivity index (χ1n) is 12.1. The topological polar surface area (TPSA) is 73.2 Å². The smallest absolute Gasteiger partial charge is 0.251 e. The Morgan fingerprint density at radius 1 is 0.889 bits per heavy atom. The van der Waals surface area contributed by atoms with Crippen LogP contribution in [0.25, 0.3) is 0 Å². The van der Waals surface area contributed by atoms with Crippen LogP contribution in [-0.4, -0.2) is 28.0 Å². The highest BCUT2D eigenvalue weighted by Crippen LogP contribution is 2.19. The Bertz CT molecular complexity index is 1340. The Hall–Kier alpha value is -4.19. The first-order chi connectivity index (χ1) is 17.4. The van der Waals surface area contributed by atoms with E-state index in [2.05, 4.69) is 10.4 Å². The molecule has 1 N–H and O–H groups in total. The van der Waals surface area contributed by atoms with Gasteiger partial charge in [0, 0.05) is 35.3 Å². The van der Waals surface area contributed by atoms with E-state index in [1.807, 2.05) is 98.2 Å². The van der Waals surface area contributed by atoms with Crippen molar-refractivity contribution < 1.29 is 14.3 Å². The molecule has 1 aromatic heterocycles. The van der Waals surface area contributed by atoms with Crippen molar-refractivity contribution in [1.29, 1.82) is 0 Å². The second-order valence-electron chi connectivity index (χ2n) is 8.77. The van der Waals surface area contributed by atoms with Gasteiger partial charge in [-0.05, 0) is 56.2 Å². The van der Waals surface area contributed by atoms with Crippen LogP contribution in [-0.2, 0) is 19.6 Å². The number of para-hydroxylation sites is 1. The van der Waals surface area contributed by atoms with Gasteiger partial charge in [-0.3, -0.25) is 14.3 Å². The van der Waals surface area contributed by atoms with Crippen LogP contribution in [0.2, 0.25) is 0 Å². The third-order valence-corrected chi connectivity index (χ3v) is 6.15. The van der Waals surface area contributed by atoms with Gasteiger partial charge < -0.3 is 10.1 Å². The summed E-state index contributed by atoms with van der Waals surface area (Å²) in [5, 5.41) is 7.50. The normalized spacial score (nSPS) is 10.8. The predicted molar refractivity (Wildman–Crippen MR) is 141 cm³/mol. The number of ketones is 1. The van der Waals surface area contributed by atoms with Gasteiger partial charge in [0.2, 0.25) is 0 Å². The molecule has 1 heterocycles. The SMILES string of the molecule is CCNC(=O)c1cccc(Cn2nc(C)c(CC(=O)c3ccc(COc4ccccc4)cc3)c2C)c1. The molecule has 0 saturated carbocycles. The summed E-state index contributed by atoms with van der Waals surface area (Å²) < 4.78 is 7.69. The summed E-state index contributed by atoms with van der Waals surface area (Å²) in [4.78, 5) is 25.2. The van der Waals surface area contributed by atoms with Crippen molar-refractivity contribution in [3.63, 3.8) is 0 Å². The van der Waals surface area contributed by atoms with Crippen molar-refractivity contribution >= 4 is 11.7 Å². The van der Waals surface area contributed by atoms with E-state index in [9.17, 15) is 9.59 Å². The van der Waals surface area contributed by atoms with E-state index >= 15 is 0 Å². The third kappa shape index (κ3) is 6.08. The van der Waals surface area contributed by atoms with Gasteiger partial charge in [-0.2, -0.15) is 5.10 Å². The number of amides is 1. The maximum Gasteiger partial charge on any atom is 0.251 e. The summed E-state index contributed by atoms with van der Waals surface area (Å²) in [7, 11) is 0. The summed E-state index contributed by atoms with van der Waals surface area (Å²) in [5.41, 5.74) is 6.02. The first-order valence-corrected chi connectivity index (χ1v) is 12.1. The van der Waals surface area contributed by atoms with Gasteiger partial charge in [-0.1, -0.05) is 54.6 Å². The molecule has 36 heavy (non-hydrogen) atoms. The number of ether oxygens (including phenoxy) is 1. The zero-order valence-corrected chi connectivity index (χ0v) is 21.0. The molecule has 4 aromatic rings. The summed E-state index contributed by atoms with van der Waals surface area (Å²) in [6, 6.07) is 24.8. The highest BCUT2D eigenvalue weighted by Gasteiger charge is 2.17. The number of rotatable bonds is 10. The van der Waals surface area contributed by atoms with Gasteiger partial charge in [-0.15, -0.1) is 0 Å². The Kier molecular flexibility index (Phi) is 7.95. The van der Waals surface area contributed by atoms with E-state index in [1.54, 1.807) is 6.07 Å². The van der Waals surface area contributed by atoms with Crippen LogP contribution in [0.15, 0.2) is 78.9 Å². The van der Waals surface area contributed by atoms with Gasteiger partial charge >= 0.3 is 0 Å². The molecule has 0 spiro atoms. The van der Waals surface area contributed by atoms with E-state index in [1.165, 1.54) is 0 Å². The molecule has 6 nitrogen and oxygen atoms in total. The molecule has 0 saturated heterocycles. The van der Waals surface area contributed by atoms with E-state index in [4.69, 9.17) is 4.74 Å². The average molecular weight is 482 g/mol. The van der Waals surface area contributed by atoms with Crippen LogP contribution in [0.4, 0.5) is 0 Å². The van der Waals surface area contributed by atoms with Crippen molar-refractivity contribution in [3.05, 3.63) is 118 Å². The first kappa shape index (κ1) is 24.9. The molecule has 0 aliphatic rings. The Balaban J connectivity index is 1.41. The fourth-order valence-electron chi connectivity index (χ4n) is 4.12. The quantitative estimate of drug-likeness (QED) is 0.312. The maximum atomic E-state index is 13.0. The molecule has 4 rings (SSSR count). The molecule has 0 aliphatic heterocycles. The molecular weight excluding hydrogens is 450 g/mol. The van der Waals surface area contributed by atoms with Crippen molar-refractivity contribution in [2.75, 3.05) is 6.54 Å². The number of nitrogens with one attached hydrogen (secondary N) is 1. The third-order valence-electron chi connectivity index (χ3n) is 6.15. The van der Waals surface area contributed by atoms with Gasteiger partial charge in [0.25, 0.3) is 5.91 Å². The minimum atomic E-state index is -0.0864. The van der Waals surface area contributed by atoms with E-state index in [0.29, 0.717) is 30.8 Å². The van der Waals surface area contributed by atoms with Crippen molar-refractivity contribution in [3.8, 4) is 5.75 Å². The van der Waals surface area contributed by atoms with E-state index in [0.717, 1.165) is 33.8 Å². The van der Waals surface area contributed by atoms with Gasteiger partial charge in [-0.25, -0.2) is 0 Å². The summed E-state index contributed by atoms with van der Waals surface area (Å²) >= 11 is 0. The molecule has 1 amide bonds. The van der Waals surface area contributed by atoms with Crippen LogP contribution in [0, 0.1) is 13.8 Å². The lowest BCUT2D eigenvalue weighted by molar-refractivity contribution is 0.0954. The van der Waals surface area contributed by atoms with E-state index in [-0.39, 0.29) is 18.1 Å². The number of nitrogens with zero attached hydrogens (tertiary/aromatic N) is 2. The van der Waals surface area contributed by atoms with Crippen LogP contribution < -0.4 is 10.1 Å². The van der Waals surface area contributed by atoms with Crippen molar-refractivity contribution in [2.45, 2.75) is 40.3 Å². The minimum absolute atomic E-state index is 0.0505. The molecule has 0 radical (unpaired) electrons. The largest absolute Gasteiger partial charge is 0.489 e. The summed E-state index contributed by atoms with van der Waals surface area (Å²) in [6.07, 6.45) is 0.288. The molecule has 0 atom stereocenters. The molecule has 0 aliphatic carbocycles.